The predicted octanol–water partition coefficient (Wildman–Crippen LogP) is 4.21. The number of rotatable bonds is 7. The number of carbonyl (C=O) groups is 2. The molecule has 0 spiro atoms. The highest BCUT2D eigenvalue weighted by Crippen LogP contribution is 2.30. The molecule has 2 heterocycles. The Hall–Kier alpha value is -3.52. The Morgan fingerprint density at radius 3 is 2.41 bits per heavy atom. The standard InChI is InChI=1S/C29H34FN5O2/c30-17-16-21-12-14-23(15-13-21)25-18-26-27(36)34(19-22-8-4-3-5-9-22)29(31,20-35(26)33-25)28(37)32-24-10-6-1-2-7-11-24/h3-5,8-9,12-15,18,24H,1-2,6-7,10-11,16-17,19-20,31H2,(H,32,37). The van der Waals surface area contributed by atoms with E-state index in [9.17, 15) is 14.0 Å². The molecule has 0 radical (unpaired) electrons. The van der Waals surface area contributed by atoms with Gasteiger partial charge in [-0.05, 0) is 30.0 Å². The van der Waals surface area contributed by atoms with Crippen LogP contribution < -0.4 is 11.1 Å². The lowest BCUT2D eigenvalue weighted by molar-refractivity contribution is -0.135. The zero-order valence-electron chi connectivity index (χ0n) is 21.0. The van der Waals surface area contributed by atoms with Crippen LogP contribution in [0, 0.1) is 0 Å². The Balaban J connectivity index is 1.47. The summed E-state index contributed by atoms with van der Waals surface area (Å²) in [6.07, 6.45) is 6.70. The van der Waals surface area contributed by atoms with Crippen molar-refractivity contribution in [1.82, 2.24) is 20.0 Å². The molecule has 8 heteroatoms. The van der Waals surface area contributed by atoms with Crippen LogP contribution in [0.25, 0.3) is 11.3 Å². The topological polar surface area (TPSA) is 93.2 Å². The second-order valence-electron chi connectivity index (χ2n) is 10.2. The molecule has 1 unspecified atom stereocenters. The SMILES string of the molecule is NC1(C(=O)NC2CCCCCC2)Cn2nc(-c3ccc(CCF)cc3)cc2C(=O)N1Cc1ccccc1. The Morgan fingerprint density at radius 2 is 1.73 bits per heavy atom. The Morgan fingerprint density at radius 1 is 1.03 bits per heavy atom. The van der Waals surface area contributed by atoms with Crippen LogP contribution in [0.3, 0.4) is 0 Å². The third kappa shape index (κ3) is 5.30. The van der Waals surface area contributed by atoms with Crippen LogP contribution >= 0.6 is 0 Å². The van der Waals surface area contributed by atoms with Crippen molar-refractivity contribution in [3.05, 3.63) is 77.5 Å². The number of nitrogens with zero attached hydrogens (tertiary/aromatic N) is 3. The van der Waals surface area contributed by atoms with Crippen molar-refractivity contribution in [3.63, 3.8) is 0 Å². The van der Waals surface area contributed by atoms with E-state index in [0.29, 0.717) is 17.8 Å². The van der Waals surface area contributed by atoms with Crippen LogP contribution in [0.1, 0.15) is 60.1 Å². The molecule has 1 aliphatic heterocycles. The van der Waals surface area contributed by atoms with E-state index < -0.39 is 12.3 Å². The molecule has 0 saturated heterocycles. The van der Waals surface area contributed by atoms with Crippen molar-refractivity contribution in [3.8, 4) is 11.3 Å². The molecule has 2 aromatic carbocycles. The van der Waals surface area contributed by atoms with Gasteiger partial charge in [-0.3, -0.25) is 24.4 Å². The summed E-state index contributed by atoms with van der Waals surface area (Å²) in [5.41, 5.74) is 8.89. The van der Waals surface area contributed by atoms with Gasteiger partial charge in [0.15, 0.2) is 5.66 Å². The van der Waals surface area contributed by atoms with Gasteiger partial charge in [0.05, 0.1) is 18.9 Å². The third-order valence-electron chi connectivity index (χ3n) is 7.52. The van der Waals surface area contributed by atoms with Crippen LogP contribution in [0.2, 0.25) is 0 Å². The maximum absolute atomic E-state index is 13.8. The van der Waals surface area contributed by atoms with Gasteiger partial charge in [-0.1, -0.05) is 80.3 Å². The molecule has 1 fully saturated rings. The van der Waals surface area contributed by atoms with Crippen LogP contribution in [-0.4, -0.2) is 44.9 Å². The number of fused-ring (bicyclic) bond motifs is 1. The fraction of sp³-hybridized carbons (Fsp3) is 0.414. The molecule has 1 atom stereocenters. The third-order valence-corrected chi connectivity index (χ3v) is 7.52. The fourth-order valence-corrected chi connectivity index (χ4v) is 5.34. The first-order valence-electron chi connectivity index (χ1n) is 13.2. The molecule has 3 aromatic rings. The first kappa shape index (κ1) is 25.1. The van der Waals surface area contributed by atoms with Gasteiger partial charge in [0.2, 0.25) is 0 Å². The van der Waals surface area contributed by atoms with E-state index in [0.717, 1.165) is 42.4 Å². The predicted molar refractivity (Wildman–Crippen MR) is 140 cm³/mol. The highest BCUT2D eigenvalue weighted by molar-refractivity contribution is 6.00. The van der Waals surface area contributed by atoms with E-state index in [1.165, 1.54) is 17.7 Å². The number of halogens is 1. The molecule has 3 N–H and O–H groups in total. The minimum Gasteiger partial charge on any atom is -0.350 e. The van der Waals surface area contributed by atoms with Crippen molar-refractivity contribution in [2.75, 3.05) is 6.67 Å². The van der Waals surface area contributed by atoms with Crippen LogP contribution in [-0.2, 0) is 24.3 Å². The number of amides is 2. The van der Waals surface area contributed by atoms with Crippen LogP contribution in [0.4, 0.5) is 4.39 Å². The lowest BCUT2D eigenvalue weighted by Crippen LogP contribution is -2.71. The van der Waals surface area contributed by atoms with E-state index in [1.54, 1.807) is 10.7 Å². The van der Waals surface area contributed by atoms with E-state index in [-0.39, 0.29) is 30.9 Å². The second-order valence-corrected chi connectivity index (χ2v) is 10.2. The van der Waals surface area contributed by atoms with Crippen LogP contribution in [0.5, 0.6) is 0 Å². The highest BCUT2D eigenvalue weighted by Gasteiger charge is 2.49. The molecule has 2 amide bonds. The summed E-state index contributed by atoms with van der Waals surface area (Å²) in [4.78, 5) is 29.1. The average molecular weight is 504 g/mol. The Kier molecular flexibility index (Phi) is 7.37. The number of hydrogen-bond acceptors (Lipinski definition) is 4. The zero-order chi connectivity index (χ0) is 25.8. The number of carbonyl (C=O) groups excluding carboxylic acids is 2. The lowest BCUT2D eigenvalue weighted by atomic mass is 10.0. The van der Waals surface area contributed by atoms with Gasteiger partial charge in [-0.2, -0.15) is 5.10 Å². The average Bonchev–Trinajstić information content (AvgIpc) is 3.16. The molecule has 5 rings (SSSR count). The molecule has 1 aromatic heterocycles. The summed E-state index contributed by atoms with van der Waals surface area (Å²) in [6.45, 7) is -0.141. The molecule has 194 valence electrons. The van der Waals surface area contributed by atoms with E-state index in [4.69, 9.17) is 5.73 Å². The van der Waals surface area contributed by atoms with Crippen molar-refractivity contribution in [2.24, 2.45) is 5.73 Å². The summed E-state index contributed by atoms with van der Waals surface area (Å²) >= 11 is 0. The normalized spacial score (nSPS) is 20.4. The number of nitrogens with one attached hydrogen (secondary N) is 1. The molecule has 1 saturated carbocycles. The molecular formula is C29H34FN5O2. The quantitative estimate of drug-likeness (QED) is 0.473. The number of aromatic nitrogens is 2. The molecule has 1 aliphatic carbocycles. The highest BCUT2D eigenvalue weighted by atomic mass is 19.1. The second kappa shape index (κ2) is 10.8. The van der Waals surface area contributed by atoms with Crippen molar-refractivity contribution in [2.45, 2.75) is 69.7 Å². The Labute approximate surface area is 216 Å². The molecule has 2 aliphatic rings. The van der Waals surface area contributed by atoms with Gasteiger partial charge < -0.3 is 10.2 Å². The van der Waals surface area contributed by atoms with Gasteiger partial charge in [0.25, 0.3) is 11.8 Å². The molecule has 7 nitrogen and oxygen atoms in total. The van der Waals surface area contributed by atoms with E-state index >= 15 is 0 Å². The number of nitrogens with two attached hydrogens (primary N) is 1. The largest absolute Gasteiger partial charge is 0.350 e. The van der Waals surface area contributed by atoms with Crippen LogP contribution in [0.15, 0.2) is 60.7 Å². The van der Waals surface area contributed by atoms with E-state index in [1.807, 2.05) is 54.6 Å². The molecule has 37 heavy (non-hydrogen) atoms. The van der Waals surface area contributed by atoms with Crippen molar-refractivity contribution >= 4 is 11.8 Å². The summed E-state index contributed by atoms with van der Waals surface area (Å²) < 4.78 is 14.3. The summed E-state index contributed by atoms with van der Waals surface area (Å²) in [7, 11) is 0. The lowest BCUT2D eigenvalue weighted by Gasteiger charge is -2.43. The number of alkyl halides is 1. The van der Waals surface area contributed by atoms with Gasteiger partial charge in [0, 0.05) is 24.6 Å². The summed E-state index contributed by atoms with van der Waals surface area (Å²) in [5, 5.41) is 7.83. The smallest absolute Gasteiger partial charge is 0.274 e. The van der Waals surface area contributed by atoms with Gasteiger partial charge in [-0.15, -0.1) is 0 Å². The maximum Gasteiger partial charge on any atom is 0.274 e. The van der Waals surface area contributed by atoms with Gasteiger partial charge >= 0.3 is 0 Å². The minimum absolute atomic E-state index is 0.0550. The number of benzene rings is 2. The van der Waals surface area contributed by atoms with Crippen molar-refractivity contribution in [1.29, 1.82) is 0 Å². The van der Waals surface area contributed by atoms with E-state index in [2.05, 4.69) is 10.4 Å². The first-order chi connectivity index (χ1) is 18.0. The number of hydrogen-bond donors (Lipinski definition) is 2. The maximum atomic E-state index is 13.8. The molecular weight excluding hydrogens is 469 g/mol. The molecule has 0 bridgehead atoms. The zero-order valence-corrected chi connectivity index (χ0v) is 21.0. The van der Waals surface area contributed by atoms with Gasteiger partial charge in [-0.25, -0.2) is 0 Å². The minimum atomic E-state index is -1.58. The van der Waals surface area contributed by atoms with Crippen molar-refractivity contribution < 1.29 is 14.0 Å². The number of aryl methyl sites for hydroxylation is 1. The summed E-state index contributed by atoms with van der Waals surface area (Å²) in [5.74, 6) is -0.677. The monoisotopic (exact) mass is 503 g/mol. The first-order valence-corrected chi connectivity index (χ1v) is 13.2. The summed E-state index contributed by atoms with van der Waals surface area (Å²) in [6, 6.07) is 18.9. The fourth-order valence-electron chi connectivity index (χ4n) is 5.34. The van der Waals surface area contributed by atoms with Gasteiger partial charge in [0.1, 0.15) is 5.69 Å². The Bertz CT molecular complexity index is 1230.